The zero-order valence-corrected chi connectivity index (χ0v) is 18.5. The van der Waals surface area contributed by atoms with Gasteiger partial charge in [0.25, 0.3) is 0 Å². The van der Waals surface area contributed by atoms with E-state index < -0.39 is 11.9 Å². The van der Waals surface area contributed by atoms with Crippen molar-refractivity contribution in [3.63, 3.8) is 0 Å². The van der Waals surface area contributed by atoms with Gasteiger partial charge < -0.3 is 18.9 Å². The largest absolute Gasteiger partial charge is 0.493 e. The van der Waals surface area contributed by atoms with Crippen molar-refractivity contribution in [1.82, 2.24) is 0 Å². The van der Waals surface area contributed by atoms with E-state index in [2.05, 4.69) is 20.9 Å². The van der Waals surface area contributed by atoms with Crippen molar-refractivity contribution in [3.8, 4) is 11.5 Å². The Labute approximate surface area is 186 Å². The number of hydrogen-bond donors (Lipinski definition) is 0. The molecule has 0 saturated carbocycles. The summed E-state index contributed by atoms with van der Waals surface area (Å²) in [6.45, 7) is 1.64. The van der Waals surface area contributed by atoms with Crippen LogP contribution >= 0.6 is 27.5 Å². The van der Waals surface area contributed by atoms with Gasteiger partial charge in [-0.15, -0.1) is 0 Å². The van der Waals surface area contributed by atoms with Crippen LogP contribution in [0, 0.1) is 0 Å². The summed E-state index contributed by atoms with van der Waals surface area (Å²) in [7, 11) is 1.44. The van der Waals surface area contributed by atoms with E-state index in [0.717, 1.165) is 4.47 Å². The Morgan fingerprint density at radius 3 is 2.67 bits per heavy atom. The van der Waals surface area contributed by atoms with Gasteiger partial charge in [0.2, 0.25) is 5.90 Å². The lowest BCUT2D eigenvalue weighted by atomic mass is 10.1. The smallest absolute Gasteiger partial charge is 0.363 e. The molecule has 7 nitrogen and oxygen atoms in total. The molecule has 1 aliphatic heterocycles. The van der Waals surface area contributed by atoms with Crippen molar-refractivity contribution in [3.05, 3.63) is 62.7 Å². The van der Waals surface area contributed by atoms with Gasteiger partial charge in [0.05, 0.1) is 18.7 Å². The molecule has 0 bridgehead atoms. The summed E-state index contributed by atoms with van der Waals surface area (Å²) in [6.07, 6.45) is 1.53. The maximum absolute atomic E-state index is 12.2. The van der Waals surface area contributed by atoms with Crippen LogP contribution in [-0.4, -0.2) is 38.2 Å². The first-order valence-corrected chi connectivity index (χ1v) is 10.0. The van der Waals surface area contributed by atoms with Crippen LogP contribution < -0.4 is 9.47 Å². The molecule has 0 radical (unpaired) electrons. The van der Waals surface area contributed by atoms with Crippen LogP contribution in [0.25, 0.3) is 6.08 Å². The molecule has 9 heteroatoms. The molecule has 2 aromatic carbocycles. The highest BCUT2D eigenvalue weighted by Gasteiger charge is 2.24. The van der Waals surface area contributed by atoms with Crippen LogP contribution in [0.1, 0.15) is 18.1 Å². The van der Waals surface area contributed by atoms with E-state index in [1.54, 1.807) is 31.2 Å². The normalized spacial score (nSPS) is 14.3. The molecule has 0 saturated heterocycles. The van der Waals surface area contributed by atoms with Gasteiger partial charge in [0, 0.05) is 10.0 Å². The maximum Gasteiger partial charge on any atom is 0.363 e. The lowest BCUT2D eigenvalue weighted by Crippen LogP contribution is -2.15. The van der Waals surface area contributed by atoms with E-state index in [1.165, 1.54) is 13.2 Å². The number of carbonyl (C=O) groups excluding carboxylic acids is 2. The fraction of sp³-hybridized carbons (Fsp3) is 0.190. The van der Waals surface area contributed by atoms with Crippen molar-refractivity contribution >= 4 is 51.4 Å². The van der Waals surface area contributed by atoms with Crippen molar-refractivity contribution in [2.45, 2.75) is 6.92 Å². The van der Waals surface area contributed by atoms with Crippen LogP contribution in [0.15, 0.2) is 51.6 Å². The molecule has 1 aliphatic rings. The zero-order chi connectivity index (χ0) is 21.7. The number of methoxy groups -OCH3 is 1. The molecule has 30 heavy (non-hydrogen) atoms. The van der Waals surface area contributed by atoms with Crippen molar-refractivity contribution < 1.29 is 28.5 Å². The topological polar surface area (TPSA) is 83.4 Å². The second kappa shape index (κ2) is 9.77. The minimum absolute atomic E-state index is 0.117. The van der Waals surface area contributed by atoms with Gasteiger partial charge in [-0.2, -0.15) is 0 Å². The number of nitrogens with zero attached hydrogens (tertiary/aromatic N) is 1. The summed E-state index contributed by atoms with van der Waals surface area (Å²) in [5, 5.41) is 0.203. The first-order chi connectivity index (χ1) is 14.4. The van der Waals surface area contributed by atoms with E-state index in [-0.39, 0.29) is 35.6 Å². The maximum atomic E-state index is 12.2. The van der Waals surface area contributed by atoms with Gasteiger partial charge in [-0.1, -0.05) is 27.5 Å². The third-order valence-corrected chi connectivity index (χ3v) is 4.72. The Hall–Kier alpha value is -2.84. The first kappa shape index (κ1) is 21.9. The Kier molecular flexibility index (Phi) is 7.12. The van der Waals surface area contributed by atoms with Gasteiger partial charge in [-0.25, -0.2) is 14.6 Å². The van der Waals surface area contributed by atoms with Crippen LogP contribution in [-0.2, 0) is 19.1 Å². The average Bonchev–Trinajstić information content (AvgIpc) is 3.07. The van der Waals surface area contributed by atoms with E-state index >= 15 is 0 Å². The molecule has 156 valence electrons. The predicted octanol–water partition coefficient (Wildman–Crippen LogP) is 4.40. The highest BCUT2D eigenvalue weighted by Crippen LogP contribution is 2.37. The minimum Gasteiger partial charge on any atom is -0.493 e. The monoisotopic (exact) mass is 493 g/mol. The van der Waals surface area contributed by atoms with E-state index in [9.17, 15) is 9.59 Å². The summed E-state index contributed by atoms with van der Waals surface area (Å²) in [5.41, 5.74) is 1.34. The van der Waals surface area contributed by atoms with Crippen LogP contribution in [0.4, 0.5) is 0 Å². The Bertz CT molecular complexity index is 1030. The average molecular weight is 495 g/mol. The zero-order valence-electron chi connectivity index (χ0n) is 16.1. The SMILES string of the molecule is CCOC(=O)COc1c(Cl)cc(/C=C2\N=C(c3ccc(Br)cc3)OC2=O)cc1OC. The number of halogens is 2. The first-order valence-electron chi connectivity index (χ1n) is 8.85. The van der Waals surface area contributed by atoms with E-state index in [1.807, 2.05) is 12.1 Å². The molecule has 3 rings (SSSR count). The number of cyclic esters (lactones) is 1. The number of benzene rings is 2. The van der Waals surface area contributed by atoms with E-state index in [0.29, 0.717) is 16.9 Å². The number of esters is 2. The molecule has 0 amide bonds. The molecule has 0 spiro atoms. The van der Waals surface area contributed by atoms with Gasteiger partial charge in [0.1, 0.15) is 0 Å². The molecule has 1 heterocycles. The Balaban J connectivity index is 1.85. The second-order valence-corrected chi connectivity index (χ2v) is 7.29. The summed E-state index contributed by atoms with van der Waals surface area (Å²) < 4.78 is 21.7. The summed E-state index contributed by atoms with van der Waals surface area (Å²) in [5.74, 6) is -0.397. The van der Waals surface area contributed by atoms with Crippen molar-refractivity contribution in [2.75, 3.05) is 20.3 Å². The van der Waals surface area contributed by atoms with Gasteiger partial charge in [-0.3, -0.25) is 0 Å². The number of rotatable bonds is 7. The van der Waals surface area contributed by atoms with Crippen molar-refractivity contribution in [1.29, 1.82) is 0 Å². The highest BCUT2D eigenvalue weighted by atomic mass is 79.9. The fourth-order valence-electron chi connectivity index (χ4n) is 2.58. The summed E-state index contributed by atoms with van der Waals surface area (Å²) >= 11 is 9.65. The fourth-order valence-corrected chi connectivity index (χ4v) is 3.12. The van der Waals surface area contributed by atoms with Crippen LogP contribution in [0.3, 0.4) is 0 Å². The third-order valence-electron chi connectivity index (χ3n) is 3.91. The number of aliphatic imine (C=N–C) groups is 1. The Morgan fingerprint density at radius 1 is 1.27 bits per heavy atom. The highest BCUT2D eigenvalue weighted by molar-refractivity contribution is 9.10. The lowest BCUT2D eigenvalue weighted by molar-refractivity contribution is -0.145. The molecular formula is C21H17BrClNO6. The van der Waals surface area contributed by atoms with Gasteiger partial charge >= 0.3 is 11.9 Å². The number of ether oxygens (including phenoxy) is 4. The quantitative estimate of drug-likeness (QED) is 0.419. The minimum atomic E-state index is -0.578. The van der Waals surface area contributed by atoms with Crippen LogP contribution in [0.2, 0.25) is 5.02 Å². The molecule has 0 aliphatic carbocycles. The molecule has 2 aromatic rings. The number of carbonyl (C=O) groups is 2. The van der Waals surface area contributed by atoms with Crippen molar-refractivity contribution in [2.24, 2.45) is 4.99 Å². The molecule has 0 unspecified atom stereocenters. The molecule has 0 atom stereocenters. The van der Waals surface area contributed by atoms with Gasteiger partial charge in [0.15, 0.2) is 23.8 Å². The molecule has 0 aromatic heterocycles. The van der Waals surface area contributed by atoms with Gasteiger partial charge in [-0.05, 0) is 55.0 Å². The lowest BCUT2D eigenvalue weighted by Gasteiger charge is -2.12. The Morgan fingerprint density at radius 2 is 2.00 bits per heavy atom. The molecule has 0 N–H and O–H groups in total. The second-order valence-electron chi connectivity index (χ2n) is 5.97. The summed E-state index contributed by atoms with van der Waals surface area (Å²) in [4.78, 5) is 28.0. The third kappa shape index (κ3) is 5.20. The van der Waals surface area contributed by atoms with Crippen LogP contribution in [0.5, 0.6) is 11.5 Å². The van der Waals surface area contributed by atoms with E-state index in [4.69, 9.17) is 30.5 Å². The number of hydrogen-bond acceptors (Lipinski definition) is 7. The summed E-state index contributed by atoms with van der Waals surface area (Å²) in [6, 6.07) is 10.4. The molecular weight excluding hydrogens is 478 g/mol. The molecule has 0 fully saturated rings. The predicted molar refractivity (Wildman–Crippen MR) is 115 cm³/mol. The standard InChI is InChI=1S/C21H17BrClNO6/c1-3-28-18(25)11-29-19-15(23)8-12(10-17(19)27-2)9-16-21(26)30-20(24-16)13-4-6-14(22)7-5-13/h4-10H,3,11H2,1-2H3/b16-9-.